The maximum Gasteiger partial charge on any atom is 0.238 e. The molecule has 5 heteroatoms. The van der Waals surface area contributed by atoms with Crippen LogP contribution in [0.5, 0.6) is 0 Å². The SMILES string of the molecule is C[C@H](NCC(=O)Nc1cccc(Cl)c1)c1cccc(Br)c1. The number of hydrogen-bond donors (Lipinski definition) is 2. The van der Waals surface area contributed by atoms with Crippen molar-refractivity contribution in [2.45, 2.75) is 13.0 Å². The summed E-state index contributed by atoms with van der Waals surface area (Å²) in [5.74, 6) is -0.0980. The van der Waals surface area contributed by atoms with Gasteiger partial charge in [-0.25, -0.2) is 0 Å². The van der Waals surface area contributed by atoms with Gasteiger partial charge in [-0.1, -0.05) is 45.7 Å². The summed E-state index contributed by atoms with van der Waals surface area (Å²) in [5, 5.41) is 6.60. The summed E-state index contributed by atoms with van der Waals surface area (Å²) in [4.78, 5) is 11.9. The van der Waals surface area contributed by atoms with Gasteiger partial charge < -0.3 is 10.6 Å². The molecule has 1 atom stereocenters. The first-order valence-electron chi connectivity index (χ1n) is 6.59. The van der Waals surface area contributed by atoms with Crippen LogP contribution in [-0.2, 0) is 4.79 Å². The first-order valence-corrected chi connectivity index (χ1v) is 7.76. The smallest absolute Gasteiger partial charge is 0.238 e. The van der Waals surface area contributed by atoms with Crippen LogP contribution in [-0.4, -0.2) is 12.5 Å². The molecule has 0 saturated heterocycles. The highest BCUT2D eigenvalue weighted by atomic mass is 79.9. The van der Waals surface area contributed by atoms with Gasteiger partial charge in [0.15, 0.2) is 0 Å². The highest BCUT2D eigenvalue weighted by Crippen LogP contribution is 2.18. The van der Waals surface area contributed by atoms with Crippen molar-refractivity contribution in [3.63, 3.8) is 0 Å². The van der Waals surface area contributed by atoms with Crippen molar-refractivity contribution in [1.82, 2.24) is 5.32 Å². The Morgan fingerprint density at radius 1 is 1.24 bits per heavy atom. The number of rotatable bonds is 5. The number of hydrogen-bond acceptors (Lipinski definition) is 2. The Labute approximate surface area is 137 Å². The lowest BCUT2D eigenvalue weighted by Crippen LogP contribution is -2.30. The van der Waals surface area contributed by atoms with Crippen molar-refractivity contribution in [2.75, 3.05) is 11.9 Å². The summed E-state index contributed by atoms with van der Waals surface area (Å²) in [6.07, 6.45) is 0. The van der Waals surface area contributed by atoms with E-state index in [1.54, 1.807) is 18.2 Å². The van der Waals surface area contributed by atoms with Crippen molar-refractivity contribution >= 4 is 39.1 Å². The Morgan fingerprint density at radius 2 is 2.00 bits per heavy atom. The topological polar surface area (TPSA) is 41.1 Å². The van der Waals surface area contributed by atoms with E-state index in [1.165, 1.54) is 0 Å². The second kappa shape index (κ2) is 7.59. The normalized spacial score (nSPS) is 12.0. The molecule has 0 fully saturated rings. The van der Waals surface area contributed by atoms with Crippen molar-refractivity contribution in [3.8, 4) is 0 Å². The second-order valence-corrected chi connectivity index (χ2v) is 6.07. The van der Waals surface area contributed by atoms with Crippen LogP contribution in [0.15, 0.2) is 53.0 Å². The van der Waals surface area contributed by atoms with E-state index in [4.69, 9.17) is 11.6 Å². The molecule has 0 aliphatic heterocycles. The fourth-order valence-electron chi connectivity index (χ4n) is 1.91. The number of nitrogens with one attached hydrogen (secondary N) is 2. The molecule has 0 aromatic heterocycles. The quantitative estimate of drug-likeness (QED) is 0.823. The van der Waals surface area contributed by atoms with Crippen molar-refractivity contribution < 1.29 is 4.79 Å². The van der Waals surface area contributed by atoms with Gasteiger partial charge in [0.05, 0.1) is 6.54 Å². The van der Waals surface area contributed by atoms with E-state index in [0.29, 0.717) is 10.7 Å². The average Bonchev–Trinajstić information content (AvgIpc) is 2.45. The van der Waals surface area contributed by atoms with Crippen LogP contribution in [0.4, 0.5) is 5.69 Å². The summed E-state index contributed by atoms with van der Waals surface area (Å²) < 4.78 is 1.03. The fraction of sp³-hybridized carbons (Fsp3) is 0.188. The zero-order chi connectivity index (χ0) is 15.2. The minimum atomic E-state index is -0.0980. The van der Waals surface area contributed by atoms with E-state index in [-0.39, 0.29) is 18.5 Å². The molecule has 0 aliphatic rings. The monoisotopic (exact) mass is 366 g/mol. The van der Waals surface area contributed by atoms with E-state index in [0.717, 1.165) is 10.0 Å². The summed E-state index contributed by atoms with van der Waals surface area (Å²) in [6.45, 7) is 2.26. The van der Waals surface area contributed by atoms with Gasteiger partial charge in [0.25, 0.3) is 0 Å². The third kappa shape index (κ3) is 5.16. The molecule has 0 saturated carbocycles. The molecule has 0 aliphatic carbocycles. The molecule has 3 nitrogen and oxygen atoms in total. The van der Waals surface area contributed by atoms with Crippen molar-refractivity contribution in [1.29, 1.82) is 0 Å². The van der Waals surface area contributed by atoms with Gasteiger partial charge in [0, 0.05) is 21.2 Å². The Morgan fingerprint density at radius 3 is 2.71 bits per heavy atom. The third-order valence-electron chi connectivity index (χ3n) is 3.03. The summed E-state index contributed by atoms with van der Waals surface area (Å²) >= 11 is 9.32. The Hall–Kier alpha value is -1.36. The van der Waals surface area contributed by atoms with Crippen LogP contribution in [0.3, 0.4) is 0 Å². The van der Waals surface area contributed by atoms with E-state index in [9.17, 15) is 4.79 Å². The summed E-state index contributed by atoms with van der Waals surface area (Å²) in [5.41, 5.74) is 1.82. The number of amides is 1. The highest BCUT2D eigenvalue weighted by molar-refractivity contribution is 9.10. The first-order chi connectivity index (χ1) is 10.0. The van der Waals surface area contributed by atoms with E-state index in [2.05, 4.69) is 26.6 Å². The van der Waals surface area contributed by atoms with Crippen LogP contribution >= 0.6 is 27.5 Å². The molecule has 0 unspecified atom stereocenters. The molecular formula is C16H16BrClN2O. The third-order valence-corrected chi connectivity index (χ3v) is 3.75. The predicted molar refractivity (Wildman–Crippen MR) is 90.6 cm³/mol. The molecule has 0 bridgehead atoms. The molecule has 2 aromatic rings. The lowest BCUT2D eigenvalue weighted by molar-refractivity contribution is -0.115. The Bertz CT molecular complexity index is 633. The molecule has 0 spiro atoms. The average molecular weight is 368 g/mol. The van der Waals surface area contributed by atoms with E-state index < -0.39 is 0 Å². The van der Waals surface area contributed by atoms with Crippen molar-refractivity contribution in [3.05, 3.63) is 63.6 Å². The molecular weight excluding hydrogens is 352 g/mol. The number of benzene rings is 2. The largest absolute Gasteiger partial charge is 0.325 e. The van der Waals surface area contributed by atoms with Crippen LogP contribution in [0.25, 0.3) is 0 Å². The molecule has 0 heterocycles. The molecule has 110 valence electrons. The van der Waals surface area contributed by atoms with Gasteiger partial charge in [0.1, 0.15) is 0 Å². The summed E-state index contributed by atoms with van der Waals surface area (Å²) in [6, 6.07) is 15.2. The number of carbonyl (C=O) groups is 1. The minimum Gasteiger partial charge on any atom is -0.325 e. The zero-order valence-corrected chi connectivity index (χ0v) is 13.9. The van der Waals surface area contributed by atoms with Crippen LogP contribution < -0.4 is 10.6 Å². The summed E-state index contributed by atoms with van der Waals surface area (Å²) in [7, 11) is 0. The second-order valence-electron chi connectivity index (χ2n) is 4.72. The zero-order valence-electron chi connectivity index (χ0n) is 11.6. The van der Waals surface area contributed by atoms with Gasteiger partial charge in [-0.15, -0.1) is 0 Å². The van der Waals surface area contributed by atoms with Gasteiger partial charge in [0.2, 0.25) is 5.91 Å². The maximum absolute atomic E-state index is 11.9. The molecule has 2 rings (SSSR count). The lowest BCUT2D eigenvalue weighted by Gasteiger charge is -2.14. The van der Waals surface area contributed by atoms with E-state index >= 15 is 0 Å². The van der Waals surface area contributed by atoms with E-state index in [1.807, 2.05) is 37.3 Å². The van der Waals surface area contributed by atoms with Gasteiger partial charge in [-0.05, 0) is 42.8 Å². The molecule has 21 heavy (non-hydrogen) atoms. The van der Waals surface area contributed by atoms with Gasteiger partial charge in [-0.3, -0.25) is 4.79 Å². The Balaban J connectivity index is 1.86. The molecule has 2 N–H and O–H groups in total. The molecule has 0 radical (unpaired) electrons. The number of carbonyl (C=O) groups excluding carboxylic acids is 1. The van der Waals surface area contributed by atoms with Crippen LogP contribution in [0.2, 0.25) is 5.02 Å². The van der Waals surface area contributed by atoms with Gasteiger partial charge >= 0.3 is 0 Å². The highest BCUT2D eigenvalue weighted by Gasteiger charge is 2.08. The minimum absolute atomic E-state index is 0.0904. The number of anilines is 1. The van der Waals surface area contributed by atoms with Crippen LogP contribution in [0, 0.1) is 0 Å². The van der Waals surface area contributed by atoms with Gasteiger partial charge in [-0.2, -0.15) is 0 Å². The van der Waals surface area contributed by atoms with Crippen LogP contribution in [0.1, 0.15) is 18.5 Å². The predicted octanol–water partition coefficient (Wildman–Crippen LogP) is 4.39. The standard InChI is InChI=1S/C16H16BrClN2O/c1-11(12-4-2-5-13(17)8-12)19-10-16(21)20-15-7-3-6-14(18)9-15/h2-9,11,19H,10H2,1H3,(H,20,21)/t11-/m0/s1. The fourth-order valence-corrected chi connectivity index (χ4v) is 2.52. The molecule has 2 aromatic carbocycles. The molecule has 1 amide bonds. The van der Waals surface area contributed by atoms with Crippen molar-refractivity contribution in [2.24, 2.45) is 0 Å². The first kappa shape index (κ1) is 16.0. The Kier molecular flexibility index (Phi) is 5.79. The maximum atomic E-state index is 11.9. The lowest BCUT2D eigenvalue weighted by atomic mass is 10.1. The number of halogens is 2.